The van der Waals surface area contributed by atoms with E-state index in [2.05, 4.69) is 10.6 Å². The molecule has 1 aromatic rings. The van der Waals surface area contributed by atoms with Gasteiger partial charge in [-0.15, -0.1) is 0 Å². The zero-order valence-corrected chi connectivity index (χ0v) is 20.2. The highest BCUT2D eigenvalue weighted by Crippen LogP contribution is 2.37. The summed E-state index contributed by atoms with van der Waals surface area (Å²) in [4.78, 5) is 52.2. The van der Waals surface area contributed by atoms with Gasteiger partial charge in [-0.1, -0.05) is 26.0 Å². The number of para-hydroxylation sites is 1. The summed E-state index contributed by atoms with van der Waals surface area (Å²) in [5, 5.41) is 5.63. The molecule has 1 unspecified atom stereocenters. The first-order valence-electron chi connectivity index (χ1n) is 11.7. The van der Waals surface area contributed by atoms with Gasteiger partial charge in [-0.3, -0.25) is 14.4 Å². The minimum absolute atomic E-state index is 0.0192. The van der Waals surface area contributed by atoms with Crippen LogP contribution in [-0.2, 0) is 25.5 Å². The van der Waals surface area contributed by atoms with Crippen molar-refractivity contribution < 1.29 is 23.9 Å². The van der Waals surface area contributed by atoms with E-state index in [0.717, 1.165) is 17.7 Å². The number of benzene rings is 1. The molecule has 2 N–H and O–H groups in total. The molecular formula is C25H35N3O5. The number of nitrogens with zero attached hydrogens (tertiary/aromatic N) is 1. The maximum Gasteiger partial charge on any atom is 0.408 e. The molecule has 180 valence electrons. The third-order valence-electron chi connectivity index (χ3n) is 5.81. The molecule has 8 nitrogen and oxygen atoms in total. The summed E-state index contributed by atoms with van der Waals surface area (Å²) in [6, 6.07) is 4.92. The van der Waals surface area contributed by atoms with Gasteiger partial charge in [0.15, 0.2) is 5.78 Å². The van der Waals surface area contributed by atoms with Crippen LogP contribution in [0, 0.1) is 11.8 Å². The third kappa shape index (κ3) is 6.33. The van der Waals surface area contributed by atoms with E-state index in [1.54, 1.807) is 25.7 Å². The lowest BCUT2D eigenvalue weighted by atomic mass is 9.86. The van der Waals surface area contributed by atoms with Crippen LogP contribution in [0.2, 0.25) is 0 Å². The van der Waals surface area contributed by atoms with Gasteiger partial charge in [-0.05, 0) is 57.6 Å². The molecule has 0 aliphatic carbocycles. The molecule has 2 aliphatic heterocycles. The van der Waals surface area contributed by atoms with Crippen molar-refractivity contribution in [2.75, 3.05) is 16.8 Å². The predicted molar refractivity (Wildman–Crippen MR) is 126 cm³/mol. The number of hydrogen-bond donors (Lipinski definition) is 2. The molecule has 1 fully saturated rings. The van der Waals surface area contributed by atoms with Gasteiger partial charge in [-0.25, -0.2) is 4.79 Å². The van der Waals surface area contributed by atoms with Crippen molar-refractivity contribution in [3.05, 3.63) is 23.8 Å². The number of carbonyl (C=O) groups excluding carboxylic acids is 4. The van der Waals surface area contributed by atoms with Crippen LogP contribution in [0.25, 0.3) is 0 Å². The summed E-state index contributed by atoms with van der Waals surface area (Å²) in [5.41, 5.74) is 1.62. The summed E-state index contributed by atoms with van der Waals surface area (Å²) in [7, 11) is 0. The highest BCUT2D eigenvalue weighted by Gasteiger charge is 2.34. The molecule has 33 heavy (non-hydrogen) atoms. The first-order valence-corrected chi connectivity index (χ1v) is 11.7. The average molecular weight is 458 g/mol. The van der Waals surface area contributed by atoms with Crippen molar-refractivity contribution >= 4 is 35.1 Å². The van der Waals surface area contributed by atoms with Gasteiger partial charge in [0.25, 0.3) is 0 Å². The van der Waals surface area contributed by atoms with Crippen LogP contribution in [-0.4, -0.2) is 41.9 Å². The second-order valence-corrected chi connectivity index (χ2v) is 10.3. The molecule has 2 atom stereocenters. The minimum atomic E-state index is -0.720. The number of ether oxygens (including phenoxy) is 1. The van der Waals surface area contributed by atoms with E-state index in [4.69, 9.17) is 4.74 Å². The van der Waals surface area contributed by atoms with E-state index in [1.165, 1.54) is 0 Å². The Kier molecular flexibility index (Phi) is 7.44. The van der Waals surface area contributed by atoms with Crippen LogP contribution in [0.4, 0.5) is 16.2 Å². The molecule has 1 aromatic carbocycles. The zero-order chi connectivity index (χ0) is 24.3. The van der Waals surface area contributed by atoms with Crippen LogP contribution in [0.1, 0.15) is 65.9 Å². The fraction of sp³-hybridized carbons (Fsp3) is 0.600. The van der Waals surface area contributed by atoms with Crippen molar-refractivity contribution in [1.82, 2.24) is 5.32 Å². The fourth-order valence-electron chi connectivity index (χ4n) is 4.35. The number of hydrogen-bond acceptors (Lipinski definition) is 5. The largest absolute Gasteiger partial charge is 0.444 e. The Balaban J connectivity index is 1.72. The minimum Gasteiger partial charge on any atom is -0.444 e. The zero-order valence-electron chi connectivity index (χ0n) is 20.2. The Labute approximate surface area is 195 Å². The van der Waals surface area contributed by atoms with Gasteiger partial charge < -0.3 is 20.3 Å². The summed E-state index contributed by atoms with van der Waals surface area (Å²) in [6.45, 7) is 9.88. The summed E-state index contributed by atoms with van der Waals surface area (Å²) in [5.74, 6) is -0.737. The van der Waals surface area contributed by atoms with Crippen molar-refractivity contribution in [2.24, 2.45) is 11.8 Å². The molecule has 0 spiro atoms. The topological polar surface area (TPSA) is 105 Å². The van der Waals surface area contributed by atoms with Gasteiger partial charge in [-0.2, -0.15) is 0 Å². The molecule has 3 amide bonds. The quantitative estimate of drug-likeness (QED) is 0.648. The van der Waals surface area contributed by atoms with Crippen LogP contribution < -0.4 is 15.5 Å². The lowest BCUT2D eigenvalue weighted by molar-refractivity contribution is -0.127. The molecule has 2 heterocycles. The number of amides is 3. The van der Waals surface area contributed by atoms with Crippen molar-refractivity contribution in [1.29, 1.82) is 0 Å². The van der Waals surface area contributed by atoms with Crippen LogP contribution in [0.15, 0.2) is 18.2 Å². The van der Waals surface area contributed by atoms with Crippen molar-refractivity contribution in [3.63, 3.8) is 0 Å². The Bertz CT molecular complexity index is 934. The second kappa shape index (κ2) is 9.93. The van der Waals surface area contributed by atoms with Gasteiger partial charge >= 0.3 is 6.09 Å². The monoisotopic (exact) mass is 457 g/mol. The smallest absolute Gasteiger partial charge is 0.408 e. The maximum absolute atomic E-state index is 13.1. The van der Waals surface area contributed by atoms with E-state index >= 15 is 0 Å². The molecule has 0 saturated carbocycles. The number of ketones is 1. The number of carbonyl (C=O) groups is 4. The number of anilines is 2. The van der Waals surface area contributed by atoms with E-state index in [0.29, 0.717) is 31.5 Å². The van der Waals surface area contributed by atoms with E-state index < -0.39 is 23.7 Å². The molecule has 8 heteroatoms. The Morgan fingerprint density at radius 3 is 2.58 bits per heavy atom. The molecule has 3 rings (SSSR count). The Hall–Kier alpha value is -2.90. The van der Waals surface area contributed by atoms with Crippen LogP contribution in [0.5, 0.6) is 0 Å². The number of nitrogens with one attached hydrogen (secondary N) is 2. The van der Waals surface area contributed by atoms with Crippen molar-refractivity contribution in [3.8, 4) is 0 Å². The third-order valence-corrected chi connectivity index (χ3v) is 5.81. The molecular weight excluding hydrogens is 422 g/mol. The van der Waals surface area contributed by atoms with E-state index in [9.17, 15) is 19.2 Å². The average Bonchev–Trinajstić information content (AvgIpc) is 3.11. The summed E-state index contributed by atoms with van der Waals surface area (Å²) >= 11 is 0. The second-order valence-electron chi connectivity index (χ2n) is 10.3. The normalized spacial score (nSPS) is 19.2. The van der Waals surface area contributed by atoms with Gasteiger partial charge in [0, 0.05) is 25.3 Å². The van der Waals surface area contributed by atoms with Crippen molar-refractivity contribution in [2.45, 2.75) is 78.4 Å². The molecule has 1 saturated heterocycles. The SMILES string of the molecule is CC(C)C[C@@H](NC(=O)OC(C)(C)C)C(=O)CC1Cc2cccc(N3CCCC3=O)c2NC1=O. The van der Waals surface area contributed by atoms with Crippen LogP contribution in [0.3, 0.4) is 0 Å². The first-order chi connectivity index (χ1) is 15.4. The summed E-state index contributed by atoms with van der Waals surface area (Å²) < 4.78 is 5.31. The molecule has 0 aromatic heterocycles. The lowest BCUT2D eigenvalue weighted by Crippen LogP contribution is -2.45. The van der Waals surface area contributed by atoms with Gasteiger partial charge in [0.1, 0.15) is 5.60 Å². The highest BCUT2D eigenvalue weighted by molar-refractivity contribution is 6.05. The standard InChI is InChI=1S/C25H35N3O5/c1-15(2)12-18(26-24(32)33-25(3,4)5)20(29)14-17-13-16-8-6-9-19(22(16)27-23(17)31)28-11-7-10-21(28)30/h6,8-9,15,17-18H,7,10-14H2,1-5H3,(H,26,32)(H,27,31)/t17?,18-/m1/s1. The molecule has 2 aliphatic rings. The number of alkyl carbamates (subject to hydrolysis) is 1. The van der Waals surface area contributed by atoms with Gasteiger partial charge in [0.2, 0.25) is 11.8 Å². The van der Waals surface area contributed by atoms with Gasteiger partial charge in [0.05, 0.1) is 17.4 Å². The van der Waals surface area contributed by atoms with Crippen LogP contribution >= 0.6 is 0 Å². The van der Waals surface area contributed by atoms with E-state index in [-0.39, 0.29) is 29.9 Å². The number of rotatable bonds is 7. The first kappa shape index (κ1) is 24.7. The summed E-state index contributed by atoms with van der Waals surface area (Å²) in [6.07, 6.45) is 1.56. The number of Topliss-reactive ketones (excluding diaryl/α,β-unsaturated/α-hetero) is 1. The highest BCUT2D eigenvalue weighted by atomic mass is 16.6. The Morgan fingerprint density at radius 1 is 1.24 bits per heavy atom. The lowest BCUT2D eigenvalue weighted by Gasteiger charge is -2.30. The maximum atomic E-state index is 13.1. The molecule has 0 bridgehead atoms. The Morgan fingerprint density at radius 2 is 1.97 bits per heavy atom. The predicted octanol–water partition coefficient (Wildman–Crippen LogP) is 3.82. The fourth-order valence-corrected chi connectivity index (χ4v) is 4.35. The van der Waals surface area contributed by atoms with E-state index in [1.807, 2.05) is 32.0 Å². The number of fused-ring (bicyclic) bond motifs is 1. The molecule has 0 radical (unpaired) electrons.